The summed E-state index contributed by atoms with van der Waals surface area (Å²) < 4.78 is 8.02. The van der Waals surface area contributed by atoms with Gasteiger partial charge in [-0.3, -0.25) is 0 Å². The number of rotatable bonds is 4. The van der Waals surface area contributed by atoms with E-state index in [2.05, 4.69) is 162 Å². The zero-order valence-electron chi connectivity index (χ0n) is 27.3. The van der Waals surface area contributed by atoms with Gasteiger partial charge in [-0.25, -0.2) is 0 Å². The first-order valence-corrected chi connectivity index (χ1v) is 18.8. The number of benzene rings is 7. The molecular weight excluding hydrogens is 643 g/mol. The molecule has 2 nitrogen and oxygen atoms in total. The molecule has 5 heteroatoms. The number of anilines is 2. The van der Waals surface area contributed by atoms with Crippen LogP contribution in [0.25, 0.3) is 80.0 Å². The van der Waals surface area contributed by atoms with Crippen molar-refractivity contribution >= 4 is 104 Å². The summed E-state index contributed by atoms with van der Waals surface area (Å²) in [5.74, 6) is 0. The molecule has 0 spiro atoms. The summed E-state index contributed by atoms with van der Waals surface area (Å²) in [7, 11) is 0.893. The van der Waals surface area contributed by atoms with Crippen LogP contribution in [-0.2, 0) is 0 Å². The number of hydrogen-bond acceptors (Lipinski definition) is 3. The van der Waals surface area contributed by atoms with E-state index in [0.717, 1.165) is 18.7 Å². The average molecular weight is 673 g/mol. The van der Waals surface area contributed by atoms with E-state index in [1.165, 1.54) is 95.8 Å². The second-order valence-corrected chi connectivity index (χ2v) is 15.6. The van der Waals surface area contributed by atoms with Crippen molar-refractivity contribution in [2.75, 3.05) is 5.32 Å². The maximum Gasteiger partial charge on any atom is 0.211 e. The van der Waals surface area contributed by atoms with Crippen molar-refractivity contribution < 1.29 is 0 Å². The summed E-state index contributed by atoms with van der Waals surface area (Å²) in [6.07, 6.45) is 0. The van der Waals surface area contributed by atoms with Gasteiger partial charge in [0.25, 0.3) is 0 Å². The molecule has 1 aliphatic heterocycles. The van der Waals surface area contributed by atoms with Gasteiger partial charge in [0, 0.05) is 63.5 Å². The molecule has 1 N–H and O–H groups in total. The van der Waals surface area contributed by atoms with Crippen LogP contribution in [0, 0.1) is 6.92 Å². The topological polar surface area (TPSA) is 17.0 Å². The summed E-state index contributed by atoms with van der Waals surface area (Å²) >= 11 is 3.82. The molecule has 7 aromatic carbocycles. The highest BCUT2D eigenvalue weighted by molar-refractivity contribution is 7.29. The standard InChI is InChI=1S/C45H29BN2S2/c1-26-18-21-28(22-19-26)47-36-14-6-2-10-29(36)35-25-33(27-20-23-40-34(24-27)30-11-4-8-16-38(30)49-40)41-31-12-3-7-15-37(31)48-43-32-13-5-9-17-39(32)50-45(43)46-42(35)44(41)48/h2-25,46-47H,1H3. The van der Waals surface area contributed by atoms with E-state index in [1.807, 2.05) is 22.7 Å². The highest BCUT2D eigenvalue weighted by atomic mass is 32.1. The van der Waals surface area contributed by atoms with Crippen LogP contribution in [0.1, 0.15) is 5.56 Å². The molecule has 0 fully saturated rings. The smallest absolute Gasteiger partial charge is 0.211 e. The van der Waals surface area contributed by atoms with Gasteiger partial charge >= 0.3 is 0 Å². The molecule has 0 radical (unpaired) electrons. The van der Waals surface area contributed by atoms with Gasteiger partial charge in [-0.15, -0.1) is 22.7 Å². The van der Waals surface area contributed by atoms with Crippen LogP contribution in [0.2, 0.25) is 0 Å². The zero-order valence-corrected chi connectivity index (χ0v) is 29.0. The minimum atomic E-state index is 0.893. The first-order valence-electron chi connectivity index (χ1n) is 17.1. The fraction of sp³-hybridized carbons (Fsp3) is 0.0222. The van der Waals surface area contributed by atoms with Crippen LogP contribution in [-0.4, -0.2) is 11.8 Å². The Kier molecular flexibility index (Phi) is 6.04. The predicted molar refractivity (Wildman–Crippen MR) is 221 cm³/mol. The fourth-order valence-corrected chi connectivity index (χ4v) is 10.5. The van der Waals surface area contributed by atoms with Crippen molar-refractivity contribution in [2.24, 2.45) is 0 Å². The van der Waals surface area contributed by atoms with Crippen LogP contribution in [0.3, 0.4) is 0 Å². The molecule has 4 heterocycles. The Hall–Kier alpha value is -5.62. The summed E-state index contributed by atoms with van der Waals surface area (Å²) in [5.41, 5.74) is 13.8. The molecule has 0 saturated heterocycles. The van der Waals surface area contributed by atoms with Crippen molar-refractivity contribution in [3.63, 3.8) is 0 Å². The van der Waals surface area contributed by atoms with Crippen LogP contribution < -0.4 is 15.6 Å². The Morgan fingerprint density at radius 1 is 0.560 bits per heavy atom. The average Bonchev–Trinajstić information content (AvgIpc) is 3.83. The van der Waals surface area contributed by atoms with E-state index in [9.17, 15) is 0 Å². The minimum absolute atomic E-state index is 0.893. The van der Waals surface area contributed by atoms with Crippen molar-refractivity contribution in [3.05, 3.63) is 151 Å². The number of nitrogens with one attached hydrogen (secondary N) is 1. The molecule has 11 rings (SSSR count). The SMILES string of the molecule is Cc1ccc(Nc2ccccc2-c2cc(-c3ccc4sc5ccccc5c4c3)c3c4ccccc4n4c3c2Bc2sc3ccccc3c2-4)cc1. The lowest BCUT2D eigenvalue weighted by atomic mass is 9.62. The van der Waals surface area contributed by atoms with Crippen LogP contribution in [0.4, 0.5) is 11.4 Å². The number of fused-ring (bicyclic) bond motifs is 10. The molecular formula is C45H29BN2S2. The Morgan fingerprint density at radius 2 is 1.26 bits per heavy atom. The molecule has 0 atom stereocenters. The number of thiophene rings is 2. The monoisotopic (exact) mass is 672 g/mol. The lowest BCUT2D eigenvalue weighted by Gasteiger charge is -2.23. The van der Waals surface area contributed by atoms with Crippen molar-refractivity contribution in [3.8, 4) is 27.9 Å². The van der Waals surface area contributed by atoms with E-state index in [-0.39, 0.29) is 0 Å². The number of hydrogen-bond donors (Lipinski definition) is 1. The fourth-order valence-electron chi connectivity index (χ4n) is 8.23. The summed E-state index contributed by atoms with van der Waals surface area (Å²) in [5, 5.41) is 10.4. The summed E-state index contributed by atoms with van der Waals surface area (Å²) in [6.45, 7) is 2.14. The zero-order chi connectivity index (χ0) is 32.9. The number of aryl methyl sites for hydroxylation is 1. The highest BCUT2D eigenvalue weighted by Gasteiger charge is 2.31. The molecule has 0 aliphatic carbocycles. The minimum Gasteiger partial charge on any atom is -0.355 e. The van der Waals surface area contributed by atoms with Gasteiger partial charge in [0.15, 0.2) is 0 Å². The van der Waals surface area contributed by atoms with E-state index in [4.69, 9.17) is 0 Å². The number of para-hydroxylation sites is 2. The third-order valence-corrected chi connectivity index (χ3v) is 12.8. The Bertz CT molecular complexity index is 3000. The predicted octanol–water partition coefficient (Wildman–Crippen LogP) is 11.5. The quantitative estimate of drug-likeness (QED) is 0.184. The van der Waals surface area contributed by atoms with Crippen LogP contribution >= 0.6 is 22.7 Å². The molecule has 234 valence electrons. The van der Waals surface area contributed by atoms with Gasteiger partial charge in [-0.1, -0.05) is 96.6 Å². The number of aromatic nitrogens is 1. The Balaban J connectivity index is 1.27. The second-order valence-electron chi connectivity index (χ2n) is 13.4. The van der Waals surface area contributed by atoms with Crippen LogP contribution in [0.5, 0.6) is 0 Å². The first kappa shape index (κ1) is 28.2. The largest absolute Gasteiger partial charge is 0.355 e. The van der Waals surface area contributed by atoms with Gasteiger partial charge < -0.3 is 9.88 Å². The maximum atomic E-state index is 3.79. The van der Waals surface area contributed by atoms with Gasteiger partial charge in [-0.05, 0) is 88.5 Å². The number of nitrogens with zero attached hydrogens (tertiary/aromatic N) is 1. The Morgan fingerprint density at radius 3 is 2.12 bits per heavy atom. The van der Waals surface area contributed by atoms with Gasteiger partial charge in [0.1, 0.15) is 0 Å². The molecule has 50 heavy (non-hydrogen) atoms. The van der Waals surface area contributed by atoms with Gasteiger partial charge in [-0.2, -0.15) is 0 Å². The highest BCUT2D eigenvalue weighted by Crippen LogP contribution is 2.45. The third kappa shape index (κ3) is 4.08. The van der Waals surface area contributed by atoms with Gasteiger partial charge in [0.05, 0.1) is 11.2 Å². The van der Waals surface area contributed by atoms with Crippen LogP contribution in [0.15, 0.2) is 146 Å². The lowest BCUT2D eigenvalue weighted by Crippen LogP contribution is -2.35. The molecule has 0 saturated carbocycles. The first-order chi connectivity index (χ1) is 24.7. The molecule has 3 aromatic heterocycles. The molecule has 0 amide bonds. The van der Waals surface area contributed by atoms with E-state index in [0.29, 0.717) is 0 Å². The van der Waals surface area contributed by atoms with E-state index in [1.54, 1.807) is 0 Å². The molecule has 0 unspecified atom stereocenters. The van der Waals surface area contributed by atoms with E-state index < -0.39 is 0 Å². The molecule has 0 bridgehead atoms. The Labute approximate surface area is 298 Å². The lowest BCUT2D eigenvalue weighted by molar-refractivity contribution is 1.22. The molecule has 10 aromatic rings. The normalized spacial score (nSPS) is 12.3. The third-order valence-electron chi connectivity index (χ3n) is 10.5. The van der Waals surface area contributed by atoms with Gasteiger partial charge in [0.2, 0.25) is 7.28 Å². The summed E-state index contributed by atoms with van der Waals surface area (Å²) in [6, 6.07) is 53.9. The van der Waals surface area contributed by atoms with E-state index >= 15 is 0 Å². The van der Waals surface area contributed by atoms with Crippen molar-refractivity contribution in [2.45, 2.75) is 6.92 Å². The summed E-state index contributed by atoms with van der Waals surface area (Å²) in [4.78, 5) is 0. The van der Waals surface area contributed by atoms with Crippen molar-refractivity contribution in [1.82, 2.24) is 4.57 Å². The second kappa shape index (κ2) is 10.7. The maximum absolute atomic E-state index is 3.79. The van der Waals surface area contributed by atoms with Crippen molar-refractivity contribution in [1.29, 1.82) is 0 Å². The molecule has 1 aliphatic rings.